The fourth-order valence-corrected chi connectivity index (χ4v) is 3.24. The standard InChI is InChI=1S/C18H25N3O5/c1-12(17(22)20(3)14-7-5-4-6-8-14)26-18(23)13-9-10-15(19-2)16(11-13)21(24)25/h9-12,14,19H,4-8H2,1-3H3/t12-/m0/s1. The molecule has 1 saturated carbocycles. The van der Waals surface area contributed by atoms with E-state index in [4.69, 9.17) is 4.74 Å². The monoisotopic (exact) mass is 363 g/mol. The lowest BCUT2D eigenvalue weighted by molar-refractivity contribution is -0.384. The number of hydrogen-bond donors (Lipinski definition) is 1. The van der Waals surface area contributed by atoms with E-state index in [9.17, 15) is 19.7 Å². The Morgan fingerprint density at radius 1 is 1.31 bits per heavy atom. The first-order chi connectivity index (χ1) is 12.3. The van der Waals surface area contributed by atoms with Crippen LogP contribution in [0.15, 0.2) is 18.2 Å². The van der Waals surface area contributed by atoms with Crippen LogP contribution in [-0.4, -0.2) is 47.9 Å². The summed E-state index contributed by atoms with van der Waals surface area (Å²) in [7, 11) is 3.29. The van der Waals surface area contributed by atoms with Crippen LogP contribution < -0.4 is 5.32 Å². The van der Waals surface area contributed by atoms with E-state index in [2.05, 4.69) is 5.32 Å². The van der Waals surface area contributed by atoms with Crippen molar-refractivity contribution in [2.24, 2.45) is 0 Å². The first-order valence-corrected chi connectivity index (χ1v) is 8.79. The number of nitrogens with one attached hydrogen (secondary N) is 1. The Balaban J connectivity index is 2.05. The molecule has 0 bridgehead atoms. The number of nitrogens with zero attached hydrogens (tertiary/aromatic N) is 2. The van der Waals surface area contributed by atoms with E-state index in [0.717, 1.165) is 31.7 Å². The Kier molecular flexibility index (Phi) is 6.54. The highest BCUT2D eigenvalue weighted by molar-refractivity contribution is 5.93. The molecule has 1 fully saturated rings. The summed E-state index contributed by atoms with van der Waals surface area (Å²) in [5.41, 5.74) is 0.114. The fourth-order valence-electron chi connectivity index (χ4n) is 3.24. The van der Waals surface area contributed by atoms with Gasteiger partial charge in [0.15, 0.2) is 6.10 Å². The molecule has 1 aliphatic carbocycles. The first kappa shape index (κ1) is 19.7. The van der Waals surface area contributed by atoms with Gasteiger partial charge in [-0.05, 0) is 31.9 Å². The number of ether oxygens (including phenoxy) is 1. The number of hydrogen-bond acceptors (Lipinski definition) is 6. The largest absolute Gasteiger partial charge is 0.449 e. The average molecular weight is 363 g/mol. The molecule has 8 nitrogen and oxygen atoms in total. The van der Waals surface area contributed by atoms with E-state index in [1.807, 2.05) is 0 Å². The molecule has 1 N–H and O–H groups in total. The molecular weight excluding hydrogens is 338 g/mol. The van der Waals surface area contributed by atoms with Crippen molar-refractivity contribution >= 4 is 23.3 Å². The van der Waals surface area contributed by atoms with Gasteiger partial charge in [0.05, 0.1) is 10.5 Å². The van der Waals surface area contributed by atoms with E-state index in [0.29, 0.717) is 5.69 Å². The molecule has 2 rings (SSSR count). The summed E-state index contributed by atoms with van der Waals surface area (Å²) in [5, 5.41) is 13.8. The van der Waals surface area contributed by atoms with Gasteiger partial charge in [-0.2, -0.15) is 0 Å². The molecule has 1 aromatic rings. The number of anilines is 1. The number of esters is 1. The summed E-state index contributed by atoms with van der Waals surface area (Å²) in [6.07, 6.45) is 4.35. The maximum absolute atomic E-state index is 12.5. The zero-order chi connectivity index (χ0) is 19.3. The highest BCUT2D eigenvalue weighted by Crippen LogP contribution is 2.26. The van der Waals surface area contributed by atoms with E-state index < -0.39 is 17.0 Å². The van der Waals surface area contributed by atoms with Crippen LogP contribution in [0.2, 0.25) is 0 Å². The van der Waals surface area contributed by atoms with Crippen molar-refractivity contribution in [2.45, 2.75) is 51.2 Å². The molecule has 0 heterocycles. The van der Waals surface area contributed by atoms with Gasteiger partial charge in [-0.25, -0.2) is 4.79 Å². The van der Waals surface area contributed by atoms with Crippen molar-refractivity contribution in [3.63, 3.8) is 0 Å². The number of carbonyl (C=O) groups is 2. The third-order valence-corrected chi connectivity index (χ3v) is 4.80. The van der Waals surface area contributed by atoms with Crippen LogP contribution in [0, 0.1) is 10.1 Å². The predicted octanol–water partition coefficient (Wildman–Crippen LogP) is 2.97. The minimum atomic E-state index is -0.947. The second-order valence-electron chi connectivity index (χ2n) is 6.53. The van der Waals surface area contributed by atoms with Gasteiger partial charge >= 0.3 is 5.97 Å². The Morgan fingerprint density at radius 2 is 1.96 bits per heavy atom. The van der Waals surface area contributed by atoms with Crippen molar-refractivity contribution in [1.29, 1.82) is 0 Å². The van der Waals surface area contributed by atoms with Gasteiger partial charge in [-0.3, -0.25) is 14.9 Å². The predicted molar refractivity (Wildman–Crippen MR) is 97.2 cm³/mol. The second-order valence-corrected chi connectivity index (χ2v) is 6.53. The number of rotatable bonds is 6. The number of likely N-dealkylation sites (N-methyl/N-ethyl adjacent to an activating group) is 1. The Labute approximate surface area is 152 Å². The van der Waals surface area contributed by atoms with E-state index in [1.54, 1.807) is 19.0 Å². The number of amides is 1. The zero-order valence-electron chi connectivity index (χ0n) is 15.4. The molecule has 1 amide bonds. The van der Waals surface area contributed by atoms with Crippen molar-refractivity contribution in [2.75, 3.05) is 19.4 Å². The van der Waals surface area contributed by atoms with Crippen LogP contribution in [0.3, 0.4) is 0 Å². The van der Waals surface area contributed by atoms with Crippen LogP contribution >= 0.6 is 0 Å². The zero-order valence-corrected chi connectivity index (χ0v) is 15.4. The molecule has 1 aromatic carbocycles. The third-order valence-electron chi connectivity index (χ3n) is 4.80. The minimum Gasteiger partial charge on any atom is -0.449 e. The summed E-state index contributed by atoms with van der Waals surface area (Å²) in [5.74, 6) is -1.01. The number of nitro groups is 1. The smallest absolute Gasteiger partial charge is 0.339 e. The summed E-state index contributed by atoms with van der Waals surface area (Å²) in [6, 6.07) is 4.20. The highest BCUT2D eigenvalue weighted by Gasteiger charge is 2.28. The topological polar surface area (TPSA) is 102 Å². The van der Waals surface area contributed by atoms with Crippen molar-refractivity contribution in [3.8, 4) is 0 Å². The van der Waals surface area contributed by atoms with Gasteiger partial charge in [-0.1, -0.05) is 19.3 Å². The molecule has 0 unspecified atom stereocenters. The van der Waals surface area contributed by atoms with Gasteiger partial charge in [-0.15, -0.1) is 0 Å². The molecule has 0 radical (unpaired) electrons. The van der Waals surface area contributed by atoms with Crippen LogP contribution in [0.4, 0.5) is 11.4 Å². The number of nitro benzene ring substituents is 1. The maximum Gasteiger partial charge on any atom is 0.339 e. The van der Waals surface area contributed by atoms with Gasteiger partial charge in [0.2, 0.25) is 0 Å². The Hall–Kier alpha value is -2.64. The van der Waals surface area contributed by atoms with Gasteiger partial charge in [0, 0.05) is 26.2 Å². The molecule has 0 saturated heterocycles. The SMILES string of the molecule is CNc1ccc(C(=O)O[C@@H](C)C(=O)N(C)C2CCCCC2)cc1[N+](=O)[O-]. The Morgan fingerprint density at radius 3 is 2.54 bits per heavy atom. The van der Waals surface area contributed by atoms with Crippen LogP contribution in [-0.2, 0) is 9.53 Å². The minimum absolute atomic E-state index is 0.0377. The normalized spacial score (nSPS) is 15.8. The lowest BCUT2D eigenvalue weighted by atomic mass is 9.94. The van der Waals surface area contributed by atoms with Crippen LogP contribution in [0.1, 0.15) is 49.4 Å². The van der Waals surface area contributed by atoms with Crippen molar-refractivity contribution in [3.05, 3.63) is 33.9 Å². The highest BCUT2D eigenvalue weighted by atomic mass is 16.6. The fraction of sp³-hybridized carbons (Fsp3) is 0.556. The van der Waals surface area contributed by atoms with Crippen molar-refractivity contribution < 1.29 is 19.2 Å². The molecule has 8 heteroatoms. The lowest BCUT2D eigenvalue weighted by Crippen LogP contribution is -2.44. The average Bonchev–Trinajstić information content (AvgIpc) is 2.66. The van der Waals surface area contributed by atoms with Gasteiger partial charge in [0.1, 0.15) is 5.69 Å². The molecule has 26 heavy (non-hydrogen) atoms. The van der Waals surface area contributed by atoms with E-state index in [1.165, 1.54) is 25.5 Å². The second kappa shape index (κ2) is 8.64. The third kappa shape index (κ3) is 4.50. The van der Waals surface area contributed by atoms with Gasteiger partial charge < -0.3 is 15.0 Å². The summed E-state index contributed by atoms with van der Waals surface area (Å²) in [4.78, 5) is 37.0. The molecule has 0 aliphatic heterocycles. The van der Waals surface area contributed by atoms with E-state index in [-0.39, 0.29) is 23.2 Å². The quantitative estimate of drug-likeness (QED) is 0.474. The maximum atomic E-state index is 12.5. The number of carbonyl (C=O) groups excluding carboxylic acids is 2. The summed E-state index contributed by atoms with van der Waals surface area (Å²) >= 11 is 0. The first-order valence-electron chi connectivity index (χ1n) is 8.79. The lowest BCUT2D eigenvalue weighted by Gasteiger charge is -2.32. The summed E-state index contributed by atoms with van der Waals surface area (Å²) in [6.45, 7) is 1.52. The summed E-state index contributed by atoms with van der Waals surface area (Å²) < 4.78 is 5.25. The van der Waals surface area contributed by atoms with Crippen LogP contribution in [0.5, 0.6) is 0 Å². The number of benzene rings is 1. The molecule has 0 spiro atoms. The Bertz CT molecular complexity index is 685. The van der Waals surface area contributed by atoms with E-state index >= 15 is 0 Å². The van der Waals surface area contributed by atoms with Crippen LogP contribution in [0.25, 0.3) is 0 Å². The molecule has 0 aromatic heterocycles. The molecule has 1 atom stereocenters. The van der Waals surface area contributed by atoms with Gasteiger partial charge in [0.25, 0.3) is 11.6 Å². The molecular formula is C18H25N3O5. The van der Waals surface area contributed by atoms with Crippen molar-refractivity contribution in [1.82, 2.24) is 4.90 Å². The molecule has 142 valence electrons. The molecule has 1 aliphatic rings.